The molecule has 148 valence electrons. The first-order chi connectivity index (χ1) is 13.7. The number of carbonyl (C=O) groups is 1. The second kappa shape index (κ2) is 9.73. The Morgan fingerprint density at radius 3 is 2.57 bits per heavy atom. The zero-order valence-corrected chi connectivity index (χ0v) is 16.1. The standard InChI is InChI=1S/C21H25N3O4/c1-26-18-9-3-15(13-19(18)27-2)4-10-20(25)24-16-5-7-17(8-6-16)28-21-14-22-11-12-23-21/h3-4,9-14,16-17H,5-8H2,1-2H3,(H,24,25)/b10-4+. The van der Waals surface area contributed by atoms with Gasteiger partial charge in [-0.2, -0.15) is 0 Å². The van der Waals surface area contributed by atoms with E-state index in [-0.39, 0.29) is 18.1 Å². The lowest BCUT2D eigenvalue weighted by Crippen LogP contribution is -2.39. The third kappa shape index (κ3) is 5.45. The summed E-state index contributed by atoms with van der Waals surface area (Å²) in [6.45, 7) is 0. The molecule has 0 atom stereocenters. The molecule has 3 rings (SSSR count). The van der Waals surface area contributed by atoms with E-state index >= 15 is 0 Å². The Morgan fingerprint density at radius 2 is 1.89 bits per heavy atom. The Bertz CT molecular complexity index is 803. The molecule has 28 heavy (non-hydrogen) atoms. The fourth-order valence-corrected chi connectivity index (χ4v) is 3.22. The lowest BCUT2D eigenvalue weighted by molar-refractivity contribution is -0.117. The summed E-state index contributed by atoms with van der Waals surface area (Å²) in [6.07, 6.45) is 11.8. The van der Waals surface area contributed by atoms with Crippen molar-refractivity contribution in [1.82, 2.24) is 15.3 Å². The quantitative estimate of drug-likeness (QED) is 0.740. The number of rotatable bonds is 7. The van der Waals surface area contributed by atoms with E-state index in [1.807, 2.05) is 18.2 Å². The molecule has 0 saturated heterocycles. The number of nitrogens with zero attached hydrogens (tertiary/aromatic N) is 2. The Hall–Kier alpha value is -3.09. The van der Waals surface area contributed by atoms with Crippen LogP contribution in [0.2, 0.25) is 0 Å². The number of hydrogen-bond acceptors (Lipinski definition) is 6. The van der Waals surface area contributed by atoms with Gasteiger partial charge in [-0.3, -0.25) is 9.78 Å². The highest BCUT2D eigenvalue weighted by atomic mass is 16.5. The second-order valence-corrected chi connectivity index (χ2v) is 6.59. The summed E-state index contributed by atoms with van der Waals surface area (Å²) in [6, 6.07) is 5.68. The molecule has 1 heterocycles. The van der Waals surface area contributed by atoms with Gasteiger partial charge in [0.2, 0.25) is 11.8 Å². The van der Waals surface area contributed by atoms with Crippen LogP contribution in [0.5, 0.6) is 17.4 Å². The van der Waals surface area contributed by atoms with Gasteiger partial charge in [-0.15, -0.1) is 0 Å². The number of benzene rings is 1. The number of aromatic nitrogens is 2. The molecular weight excluding hydrogens is 358 g/mol. The number of carbonyl (C=O) groups excluding carboxylic acids is 1. The van der Waals surface area contributed by atoms with Crippen LogP contribution < -0.4 is 19.5 Å². The van der Waals surface area contributed by atoms with E-state index in [0.717, 1.165) is 31.2 Å². The molecule has 0 aliphatic heterocycles. The fraction of sp³-hybridized carbons (Fsp3) is 0.381. The van der Waals surface area contributed by atoms with Crippen molar-refractivity contribution in [2.75, 3.05) is 14.2 Å². The van der Waals surface area contributed by atoms with Crippen LogP contribution in [0.25, 0.3) is 6.08 Å². The molecule has 1 aliphatic rings. The summed E-state index contributed by atoms with van der Waals surface area (Å²) in [4.78, 5) is 20.4. The number of nitrogens with one attached hydrogen (secondary N) is 1. The highest BCUT2D eigenvalue weighted by molar-refractivity contribution is 5.92. The average Bonchev–Trinajstić information content (AvgIpc) is 2.74. The van der Waals surface area contributed by atoms with Crippen LogP contribution in [0, 0.1) is 0 Å². The van der Waals surface area contributed by atoms with Crippen molar-refractivity contribution in [3.8, 4) is 17.4 Å². The summed E-state index contributed by atoms with van der Waals surface area (Å²) in [5.41, 5.74) is 0.869. The smallest absolute Gasteiger partial charge is 0.244 e. The molecule has 1 N–H and O–H groups in total. The molecule has 7 nitrogen and oxygen atoms in total. The lowest BCUT2D eigenvalue weighted by Gasteiger charge is -2.28. The molecule has 1 saturated carbocycles. The summed E-state index contributed by atoms with van der Waals surface area (Å²) in [5, 5.41) is 3.06. The monoisotopic (exact) mass is 383 g/mol. The number of methoxy groups -OCH3 is 2. The number of amides is 1. The molecule has 0 radical (unpaired) electrons. The maximum atomic E-state index is 12.2. The van der Waals surface area contributed by atoms with Crippen molar-refractivity contribution in [2.45, 2.75) is 37.8 Å². The summed E-state index contributed by atoms with van der Waals surface area (Å²) in [7, 11) is 3.18. The van der Waals surface area contributed by atoms with E-state index in [9.17, 15) is 4.79 Å². The van der Waals surface area contributed by atoms with Gasteiger partial charge in [-0.25, -0.2) is 4.98 Å². The van der Waals surface area contributed by atoms with Gasteiger partial charge in [0.15, 0.2) is 11.5 Å². The minimum atomic E-state index is -0.104. The predicted octanol–water partition coefficient (Wildman–Crippen LogP) is 3.01. The molecule has 0 spiro atoms. The van der Waals surface area contributed by atoms with E-state index in [2.05, 4.69) is 15.3 Å². The van der Waals surface area contributed by atoms with Crippen LogP contribution in [0.15, 0.2) is 42.9 Å². The van der Waals surface area contributed by atoms with Crippen molar-refractivity contribution in [2.24, 2.45) is 0 Å². The van der Waals surface area contributed by atoms with Crippen LogP contribution in [0.4, 0.5) is 0 Å². The van der Waals surface area contributed by atoms with E-state index in [1.54, 1.807) is 45.0 Å². The molecule has 1 fully saturated rings. The minimum absolute atomic E-state index is 0.104. The number of ether oxygens (including phenoxy) is 3. The molecule has 1 amide bonds. The lowest BCUT2D eigenvalue weighted by atomic mass is 9.93. The van der Waals surface area contributed by atoms with Gasteiger partial charge in [0.1, 0.15) is 6.10 Å². The van der Waals surface area contributed by atoms with Gasteiger partial charge in [-0.1, -0.05) is 6.07 Å². The maximum absolute atomic E-state index is 12.2. The van der Waals surface area contributed by atoms with Crippen molar-refractivity contribution in [3.63, 3.8) is 0 Å². The minimum Gasteiger partial charge on any atom is -0.493 e. The Balaban J connectivity index is 1.46. The van der Waals surface area contributed by atoms with E-state index < -0.39 is 0 Å². The van der Waals surface area contributed by atoms with Crippen LogP contribution in [-0.4, -0.2) is 42.2 Å². The molecular formula is C21H25N3O4. The van der Waals surface area contributed by atoms with Crippen LogP contribution in [0.3, 0.4) is 0 Å². The molecule has 7 heteroatoms. The first kappa shape index (κ1) is 19.7. The van der Waals surface area contributed by atoms with Gasteiger partial charge in [-0.05, 0) is 49.5 Å². The van der Waals surface area contributed by atoms with Crippen LogP contribution in [-0.2, 0) is 4.79 Å². The fourth-order valence-electron chi connectivity index (χ4n) is 3.22. The van der Waals surface area contributed by atoms with E-state index in [0.29, 0.717) is 17.4 Å². The van der Waals surface area contributed by atoms with Crippen molar-refractivity contribution >= 4 is 12.0 Å². The topological polar surface area (TPSA) is 82.6 Å². The third-order valence-corrected chi connectivity index (χ3v) is 4.68. The van der Waals surface area contributed by atoms with E-state index in [1.165, 1.54) is 0 Å². The van der Waals surface area contributed by atoms with Gasteiger partial charge in [0.25, 0.3) is 0 Å². The SMILES string of the molecule is COc1ccc(/C=C/C(=O)NC2CCC(Oc3cnccn3)CC2)cc1OC. The first-order valence-electron chi connectivity index (χ1n) is 9.31. The van der Waals surface area contributed by atoms with Gasteiger partial charge in [0.05, 0.1) is 20.4 Å². The molecule has 2 aromatic rings. The Labute approximate surface area is 164 Å². The second-order valence-electron chi connectivity index (χ2n) is 6.59. The summed E-state index contributed by atoms with van der Waals surface area (Å²) < 4.78 is 16.3. The molecule has 1 aromatic carbocycles. The van der Waals surface area contributed by atoms with Gasteiger partial charge < -0.3 is 19.5 Å². The molecule has 0 bridgehead atoms. The zero-order valence-electron chi connectivity index (χ0n) is 16.1. The average molecular weight is 383 g/mol. The predicted molar refractivity (Wildman–Crippen MR) is 105 cm³/mol. The van der Waals surface area contributed by atoms with Crippen molar-refractivity contribution < 1.29 is 19.0 Å². The summed E-state index contributed by atoms with van der Waals surface area (Å²) >= 11 is 0. The van der Waals surface area contributed by atoms with Gasteiger partial charge >= 0.3 is 0 Å². The highest BCUT2D eigenvalue weighted by Crippen LogP contribution is 2.28. The number of hydrogen-bond donors (Lipinski definition) is 1. The summed E-state index contributed by atoms with van der Waals surface area (Å²) in [5.74, 6) is 1.73. The Morgan fingerprint density at radius 1 is 1.11 bits per heavy atom. The molecule has 1 aliphatic carbocycles. The first-order valence-corrected chi connectivity index (χ1v) is 9.31. The third-order valence-electron chi connectivity index (χ3n) is 4.68. The van der Waals surface area contributed by atoms with Crippen LogP contribution >= 0.6 is 0 Å². The Kier molecular flexibility index (Phi) is 6.84. The van der Waals surface area contributed by atoms with Crippen molar-refractivity contribution in [1.29, 1.82) is 0 Å². The largest absolute Gasteiger partial charge is 0.493 e. The van der Waals surface area contributed by atoms with Crippen molar-refractivity contribution in [3.05, 3.63) is 48.4 Å². The molecule has 0 unspecified atom stereocenters. The van der Waals surface area contributed by atoms with Gasteiger partial charge in [0, 0.05) is 24.5 Å². The normalized spacial score (nSPS) is 19.2. The van der Waals surface area contributed by atoms with Crippen LogP contribution in [0.1, 0.15) is 31.2 Å². The van der Waals surface area contributed by atoms with E-state index in [4.69, 9.17) is 14.2 Å². The maximum Gasteiger partial charge on any atom is 0.244 e. The highest BCUT2D eigenvalue weighted by Gasteiger charge is 2.23. The zero-order chi connectivity index (χ0) is 19.8. The molecule has 1 aromatic heterocycles.